The van der Waals surface area contributed by atoms with Crippen LogP contribution in [0.2, 0.25) is 0 Å². The van der Waals surface area contributed by atoms with E-state index in [0.717, 1.165) is 18.6 Å². The van der Waals surface area contributed by atoms with E-state index in [2.05, 4.69) is 6.92 Å². The van der Waals surface area contributed by atoms with Gasteiger partial charge in [0, 0.05) is 25.4 Å². The zero-order valence-corrected chi connectivity index (χ0v) is 13.7. The number of carbonyl (C=O) groups excluding carboxylic acids is 1. The number of carboxylic acids is 1. The molecule has 0 aliphatic carbocycles. The molecular weight excluding hydrogens is 276 g/mol. The van der Waals surface area contributed by atoms with Crippen molar-refractivity contribution in [1.29, 1.82) is 0 Å². The molecule has 5 nitrogen and oxygen atoms in total. The monoisotopic (exact) mass is 302 g/mol. The van der Waals surface area contributed by atoms with E-state index in [1.807, 2.05) is 13.2 Å². The molecule has 2 unspecified atom stereocenters. The fourth-order valence-electron chi connectivity index (χ4n) is 2.94. The van der Waals surface area contributed by atoms with Gasteiger partial charge in [0.25, 0.3) is 0 Å². The Balaban J connectivity index is 2.92. The summed E-state index contributed by atoms with van der Waals surface area (Å²) < 4.78 is 0. The minimum atomic E-state index is -1.01. The fourth-order valence-corrected chi connectivity index (χ4v) is 3.79. The molecule has 116 valence electrons. The van der Waals surface area contributed by atoms with Crippen molar-refractivity contribution in [2.24, 2.45) is 0 Å². The van der Waals surface area contributed by atoms with Gasteiger partial charge in [-0.2, -0.15) is 11.8 Å². The van der Waals surface area contributed by atoms with E-state index in [1.165, 1.54) is 0 Å². The number of rotatable bonds is 6. The highest BCUT2D eigenvalue weighted by Crippen LogP contribution is 2.34. The first-order valence-corrected chi connectivity index (χ1v) is 8.60. The average molecular weight is 302 g/mol. The van der Waals surface area contributed by atoms with Gasteiger partial charge in [0.15, 0.2) is 0 Å². The second-order valence-electron chi connectivity index (χ2n) is 5.36. The Morgan fingerprint density at radius 2 is 2.10 bits per heavy atom. The topological polar surface area (TPSA) is 60.9 Å². The largest absolute Gasteiger partial charge is 0.479 e. The summed E-state index contributed by atoms with van der Waals surface area (Å²) in [5, 5.41) is 9.55. The van der Waals surface area contributed by atoms with Crippen LogP contribution in [0.5, 0.6) is 0 Å². The van der Waals surface area contributed by atoms with Gasteiger partial charge in [0.1, 0.15) is 5.54 Å². The Morgan fingerprint density at radius 3 is 2.55 bits per heavy atom. The number of urea groups is 1. The van der Waals surface area contributed by atoms with Crippen molar-refractivity contribution in [2.45, 2.75) is 51.1 Å². The Morgan fingerprint density at radius 1 is 1.45 bits per heavy atom. The number of carbonyl (C=O) groups is 2. The number of carboxylic acid groups (broad SMARTS) is 1. The Hall–Kier alpha value is -0.910. The molecule has 0 bridgehead atoms. The summed E-state index contributed by atoms with van der Waals surface area (Å²) in [6.45, 7) is 4.44. The van der Waals surface area contributed by atoms with Crippen LogP contribution < -0.4 is 0 Å². The summed E-state index contributed by atoms with van der Waals surface area (Å²) in [7, 11) is 1.79. The van der Waals surface area contributed by atoms with Crippen molar-refractivity contribution >= 4 is 23.8 Å². The predicted molar refractivity (Wildman–Crippen MR) is 82.2 cm³/mol. The molecule has 1 aliphatic heterocycles. The number of hydrogen-bond donors (Lipinski definition) is 1. The molecule has 0 radical (unpaired) electrons. The van der Waals surface area contributed by atoms with Crippen LogP contribution in [0.3, 0.4) is 0 Å². The van der Waals surface area contributed by atoms with Crippen molar-refractivity contribution in [3.8, 4) is 0 Å². The highest BCUT2D eigenvalue weighted by molar-refractivity contribution is 7.98. The van der Waals surface area contributed by atoms with E-state index in [4.69, 9.17) is 0 Å². The lowest BCUT2D eigenvalue weighted by Crippen LogP contribution is -2.57. The van der Waals surface area contributed by atoms with E-state index in [-0.39, 0.29) is 12.1 Å². The SMILES string of the molecule is CCC(CSC)N(C)C(=O)N1CCCC1(CC)C(=O)O. The van der Waals surface area contributed by atoms with Crippen molar-refractivity contribution in [3.63, 3.8) is 0 Å². The molecule has 1 saturated heterocycles. The van der Waals surface area contributed by atoms with Crippen LogP contribution in [0.15, 0.2) is 0 Å². The summed E-state index contributed by atoms with van der Waals surface area (Å²) >= 11 is 1.71. The Kier molecular flexibility index (Phi) is 6.17. The molecule has 1 rings (SSSR count). The van der Waals surface area contributed by atoms with Gasteiger partial charge in [-0.25, -0.2) is 9.59 Å². The first kappa shape index (κ1) is 17.1. The van der Waals surface area contributed by atoms with E-state index in [9.17, 15) is 14.7 Å². The first-order valence-electron chi connectivity index (χ1n) is 7.21. The predicted octanol–water partition coefficient (Wildman–Crippen LogP) is 2.51. The second kappa shape index (κ2) is 7.20. The number of thioether (sulfide) groups is 1. The van der Waals surface area contributed by atoms with Crippen LogP contribution in [0, 0.1) is 0 Å². The Labute approximate surface area is 125 Å². The standard InChI is InChI=1S/C14H26N2O3S/c1-5-11(10-20-4)15(3)13(19)16-9-7-8-14(16,6-2)12(17)18/h11H,5-10H2,1-4H3,(H,17,18). The van der Waals surface area contributed by atoms with Crippen LogP contribution in [0.1, 0.15) is 39.5 Å². The second-order valence-corrected chi connectivity index (χ2v) is 6.27. The summed E-state index contributed by atoms with van der Waals surface area (Å²) in [6, 6.07) is 0.00843. The van der Waals surface area contributed by atoms with Crippen molar-refractivity contribution in [1.82, 2.24) is 9.80 Å². The minimum absolute atomic E-state index is 0.146. The third-order valence-corrected chi connectivity index (χ3v) is 5.10. The van der Waals surface area contributed by atoms with Crippen molar-refractivity contribution < 1.29 is 14.7 Å². The third kappa shape index (κ3) is 3.05. The quantitative estimate of drug-likeness (QED) is 0.819. The number of likely N-dealkylation sites (tertiary alicyclic amines) is 1. The lowest BCUT2D eigenvalue weighted by Gasteiger charge is -2.38. The van der Waals surface area contributed by atoms with E-state index >= 15 is 0 Å². The van der Waals surface area contributed by atoms with Gasteiger partial charge in [-0.05, 0) is 31.9 Å². The number of nitrogens with zero attached hydrogens (tertiary/aromatic N) is 2. The molecular formula is C14H26N2O3S. The van der Waals surface area contributed by atoms with Crippen LogP contribution >= 0.6 is 11.8 Å². The molecule has 0 aromatic rings. The maximum absolute atomic E-state index is 12.7. The summed E-state index contributed by atoms with van der Waals surface area (Å²) in [5.41, 5.74) is -1.01. The van der Waals surface area contributed by atoms with Crippen LogP contribution in [0.4, 0.5) is 4.79 Å². The molecule has 0 aromatic heterocycles. The lowest BCUT2D eigenvalue weighted by atomic mass is 9.93. The number of aliphatic carboxylic acids is 1. The van der Waals surface area contributed by atoms with Gasteiger partial charge in [-0.15, -0.1) is 0 Å². The Bertz CT molecular complexity index is 364. The van der Waals surface area contributed by atoms with Gasteiger partial charge in [0.05, 0.1) is 0 Å². The summed E-state index contributed by atoms with van der Waals surface area (Å²) in [5.74, 6) is -0.00384. The lowest BCUT2D eigenvalue weighted by molar-refractivity contribution is -0.148. The van der Waals surface area contributed by atoms with Gasteiger partial charge in [-0.3, -0.25) is 0 Å². The molecule has 1 fully saturated rings. The number of amides is 2. The van der Waals surface area contributed by atoms with E-state index in [1.54, 1.807) is 28.6 Å². The van der Waals surface area contributed by atoms with Crippen LogP contribution in [-0.2, 0) is 4.79 Å². The summed E-state index contributed by atoms with van der Waals surface area (Å²) in [4.78, 5) is 27.6. The normalized spacial score (nSPS) is 23.7. The highest BCUT2D eigenvalue weighted by atomic mass is 32.2. The first-order chi connectivity index (χ1) is 9.44. The van der Waals surface area contributed by atoms with Crippen LogP contribution in [-0.4, -0.2) is 64.1 Å². The molecule has 6 heteroatoms. The van der Waals surface area contributed by atoms with E-state index in [0.29, 0.717) is 19.4 Å². The zero-order chi connectivity index (χ0) is 15.3. The molecule has 0 saturated carbocycles. The van der Waals surface area contributed by atoms with E-state index < -0.39 is 11.5 Å². The molecule has 1 heterocycles. The van der Waals surface area contributed by atoms with Crippen LogP contribution in [0.25, 0.3) is 0 Å². The maximum atomic E-state index is 12.7. The van der Waals surface area contributed by atoms with Gasteiger partial charge in [-0.1, -0.05) is 13.8 Å². The molecule has 20 heavy (non-hydrogen) atoms. The average Bonchev–Trinajstić information content (AvgIpc) is 2.88. The zero-order valence-electron chi connectivity index (χ0n) is 12.9. The molecule has 2 atom stereocenters. The molecule has 0 aromatic carbocycles. The summed E-state index contributed by atoms with van der Waals surface area (Å²) in [6.07, 6.45) is 4.67. The van der Waals surface area contributed by atoms with Gasteiger partial charge < -0.3 is 14.9 Å². The smallest absolute Gasteiger partial charge is 0.329 e. The van der Waals surface area contributed by atoms with Crippen molar-refractivity contribution in [3.05, 3.63) is 0 Å². The number of hydrogen-bond acceptors (Lipinski definition) is 3. The maximum Gasteiger partial charge on any atom is 0.329 e. The van der Waals surface area contributed by atoms with Crippen molar-refractivity contribution in [2.75, 3.05) is 25.6 Å². The highest BCUT2D eigenvalue weighted by Gasteiger charge is 2.49. The molecule has 1 N–H and O–H groups in total. The van der Waals surface area contributed by atoms with Gasteiger partial charge in [0.2, 0.25) is 0 Å². The van der Waals surface area contributed by atoms with Gasteiger partial charge >= 0.3 is 12.0 Å². The minimum Gasteiger partial charge on any atom is -0.479 e. The fraction of sp³-hybridized carbons (Fsp3) is 0.857. The molecule has 1 aliphatic rings. The molecule has 0 spiro atoms. The molecule has 2 amide bonds. The third-order valence-electron chi connectivity index (χ3n) is 4.38.